The molecule has 2 atom stereocenters. The standard InChI is InChI=1S/C40H46FN9O5/c41-31-3-1-2-29(36(31)52)32-19-34-37(45-44-32)42-20-28-23-48(16-17-49(28)34)39(54)25-6-4-24(5-7-25)21-46-12-14-47(15-13-46)27-9-8-26-22-50(40(55)30(26)18-27)33-10-11-35(51)43-38(33)53/h1-3,8-9,18-19,24-25,28,33,52H,4-7,10-17,20-23H2,(H,42,45)(H,43,51,53)/t24?,25?,28-,33?/m0/s1. The quantitative estimate of drug-likeness (QED) is 0.319. The number of benzene rings is 2. The first kappa shape index (κ1) is 35.4. The summed E-state index contributed by atoms with van der Waals surface area (Å²) in [6, 6.07) is 11.7. The number of carbonyl (C=O) groups excluding carboxylic acids is 4. The Labute approximate surface area is 318 Å². The highest BCUT2D eigenvalue weighted by Gasteiger charge is 2.40. The molecule has 3 N–H and O–H groups in total. The summed E-state index contributed by atoms with van der Waals surface area (Å²) in [6.45, 7) is 7.57. The lowest BCUT2D eigenvalue weighted by Gasteiger charge is -2.46. The molecule has 15 heteroatoms. The molecule has 14 nitrogen and oxygen atoms in total. The normalized spacial score (nSPS) is 25.6. The molecular formula is C40H46FN9O5. The van der Waals surface area contributed by atoms with Gasteiger partial charge in [0.25, 0.3) is 5.91 Å². The molecule has 1 aliphatic carbocycles. The second-order valence-corrected chi connectivity index (χ2v) is 15.9. The van der Waals surface area contributed by atoms with Gasteiger partial charge in [0.1, 0.15) is 6.04 Å². The Kier molecular flexibility index (Phi) is 9.27. The van der Waals surface area contributed by atoms with Crippen LogP contribution >= 0.6 is 0 Å². The second kappa shape index (κ2) is 14.4. The Hall–Kier alpha value is -5.31. The maximum Gasteiger partial charge on any atom is 0.255 e. The zero-order chi connectivity index (χ0) is 37.8. The smallest absolute Gasteiger partial charge is 0.255 e. The number of piperidine rings is 1. The third-order valence-corrected chi connectivity index (χ3v) is 12.6. The van der Waals surface area contributed by atoms with Crippen molar-refractivity contribution < 1.29 is 28.7 Å². The van der Waals surface area contributed by atoms with Crippen LogP contribution in [0.4, 0.5) is 21.6 Å². The molecule has 4 fully saturated rings. The van der Waals surface area contributed by atoms with Gasteiger partial charge in [0, 0.05) is 94.6 Å². The SMILES string of the molecule is O=C1CCC(N2Cc3ccc(N4CCN(CC5CCC(C(=O)N6CCN7c8cc(-c9cccc(F)c9O)nnc8NC[C@H]7C6)CC5)CC4)cc3C2=O)C(=O)N1. The predicted molar refractivity (Wildman–Crippen MR) is 202 cm³/mol. The number of phenols is 1. The van der Waals surface area contributed by atoms with Crippen molar-refractivity contribution in [2.45, 2.75) is 57.2 Å². The Bertz CT molecular complexity index is 2030. The van der Waals surface area contributed by atoms with Crippen LogP contribution in [-0.2, 0) is 20.9 Å². The highest BCUT2D eigenvalue weighted by atomic mass is 19.1. The Balaban J connectivity index is 0.740. The third kappa shape index (κ3) is 6.72. The van der Waals surface area contributed by atoms with Gasteiger partial charge in [-0.1, -0.05) is 12.1 Å². The number of hydrogen-bond acceptors (Lipinski definition) is 11. The molecule has 0 bridgehead atoms. The van der Waals surface area contributed by atoms with Crippen molar-refractivity contribution in [3.8, 4) is 17.0 Å². The Morgan fingerprint density at radius 3 is 2.51 bits per heavy atom. The van der Waals surface area contributed by atoms with E-state index in [2.05, 4.69) is 41.6 Å². The number of aromatic nitrogens is 2. The molecule has 6 heterocycles. The number of nitrogens with zero attached hydrogens (tertiary/aromatic N) is 7. The van der Waals surface area contributed by atoms with Gasteiger partial charge in [0.15, 0.2) is 17.4 Å². The van der Waals surface area contributed by atoms with E-state index in [1.54, 1.807) is 11.0 Å². The fourth-order valence-corrected chi connectivity index (χ4v) is 9.49. The lowest BCUT2D eigenvalue weighted by molar-refractivity contribution is -0.138. The van der Waals surface area contributed by atoms with Crippen LogP contribution in [0.25, 0.3) is 11.3 Å². The van der Waals surface area contributed by atoms with Gasteiger partial charge in [0.05, 0.1) is 17.4 Å². The first-order chi connectivity index (χ1) is 26.7. The van der Waals surface area contributed by atoms with Crippen molar-refractivity contribution in [3.63, 3.8) is 0 Å². The average Bonchev–Trinajstić information content (AvgIpc) is 3.53. The van der Waals surface area contributed by atoms with Gasteiger partial charge in [-0.2, -0.15) is 0 Å². The van der Waals surface area contributed by atoms with Gasteiger partial charge in [-0.15, -0.1) is 10.2 Å². The number of piperazine rings is 2. The van der Waals surface area contributed by atoms with Gasteiger partial charge in [0.2, 0.25) is 17.7 Å². The van der Waals surface area contributed by atoms with Gasteiger partial charge < -0.3 is 30.0 Å². The molecule has 3 saturated heterocycles. The minimum atomic E-state index is -0.705. The van der Waals surface area contributed by atoms with E-state index < -0.39 is 23.5 Å². The first-order valence-corrected chi connectivity index (χ1v) is 19.6. The minimum Gasteiger partial charge on any atom is -0.504 e. The number of fused-ring (bicyclic) bond motifs is 4. The van der Waals surface area contributed by atoms with Crippen LogP contribution in [0.15, 0.2) is 42.5 Å². The average molecular weight is 752 g/mol. The molecule has 4 amide bonds. The number of aromatic hydroxyl groups is 1. The fraction of sp³-hybridized carbons (Fsp3) is 0.500. The monoisotopic (exact) mass is 751 g/mol. The van der Waals surface area contributed by atoms with Crippen molar-refractivity contribution >= 4 is 40.8 Å². The van der Waals surface area contributed by atoms with Crippen molar-refractivity contribution in [1.29, 1.82) is 0 Å². The van der Waals surface area contributed by atoms with E-state index in [0.717, 1.165) is 75.3 Å². The number of hydrogen-bond donors (Lipinski definition) is 3. The van der Waals surface area contributed by atoms with Crippen LogP contribution in [0, 0.1) is 17.7 Å². The number of phenolic OH excluding ortho intramolecular Hbond substituents is 1. The second-order valence-electron chi connectivity index (χ2n) is 15.9. The third-order valence-electron chi connectivity index (χ3n) is 12.6. The summed E-state index contributed by atoms with van der Waals surface area (Å²) in [5.74, 6) is -0.460. The van der Waals surface area contributed by atoms with Crippen molar-refractivity contribution in [2.24, 2.45) is 11.8 Å². The number of carbonyl (C=O) groups is 4. The van der Waals surface area contributed by atoms with Crippen LogP contribution in [-0.4, -0.2) is 125 Å². The molecule has 9 rings (SSSR count). The van der Waals surface area contributed by atoms with E-state index in [1.807, 2.05) is 23.1 Å². The first-order valence-electron chi connectivity index (χ1n) is 19.6. The fourth-order valence-electron chi connectivity index (χ4n) is 9.49. The zero-order valence-corrected chi connectivity index (χ0v) is 30.8. The van der Waals surface area contributed by atoms with E-state index in [-0.39, 0.29) is 36.1 Å². The van der Waals surface area contributed by atoms with Crippen molar-refractivity contribution in [2.75, 3.05) is 74.0 Å². The summed E-state index contributed by atoms with van der Waals surface area (Å²) in [7, 11) is 0. The molecule has 3 aromatic rings. The lowest BCUT2D eigenvalue weighted by Crippen LogP contribution is -2.59. The minimum absolute atomic E-state index is 0.0466. The number of halogens is 1. The molecule has 1 unspecified atom stereocenters. The van der Waals surface area contributed by atoms with Gasteiger partial charge in [-0.3, -0.25) is 29.4 Å². The molecule has 55 heavy (non-hydrogen) atoms. The molecule has 0 spiro atoms. The number of para-hydroxylation sites is 1. The van der Waals surface area contributed by atoms with Crippen LogP contribution in [0.1, 0.15) is 54.4 Å². The number of anilines is 3. The molecule has 5 aliphatic heterocycles. The highest BCUT2D eigenvalue weighted by molar-refractivity contribution is 6.05. The summed E-state index contributed by atoms with van der Waals surface area (Å²) < 4.78 is 14.1. The Morgan fingerprint density at radius 2 is 1.71 bits per heavy atom. The molecule has 1 aromatic heterocycles. The molecule has 2 aromatic carbocycles. The highest BCUT2D eigenvalue weighted by Crippen LogP contribution is 2.38. The maximum atomic E-state index is 14.1. The van der Waals surface area contributed by atoms with E-state index >= 15 is 0 Å². The topological polar surface area (TPSA) is 155 Å². The number of rotatable bonds is 6. The molecule has 288 valence electrons. The van der Waals surface area contributed by atoms with Gasteiger partial charge >= 0.3 is 0 Å². The van der Waals surface area contributed by atoms with E-state index in [0.29, 0.717) is 67.7 Å². The number of imide groups is 1. The van der Waals surface area contributed by atoms with E-state index in [1.165, 1.54) is 12.1 Å². The van der Waals surface area contributed by atoms with Crippen molar-refractivity contribution in [3.05, 3.63) is 59.4 Å². The number of nitrogens with one attached hydrogen (secondary N) is 2. The molecule has 6 aliphatic rings. The van der Waals surface area contributed by atoms with E-state index in [4.69, 9.17) is 0 Å². The van der Waals surface area contributed by atoms with Gasteiger partial charge in [-0.25, -0.2) is 4.39 Å². The maximum absolute atomic E-state index is 14.1. The summed E-state index contributed by atoms with van der Waals surface area (Å²) in [5.41, 5.74) is 4.12. The summed E-state index contributed by atoms with van der Waals surface area (Å²) in [5, 5.41) is 24.6. The largest absolute Gasteiger partial charge is 0.504 e. The predicted octanol–water partition coefficient (Wildman–Crippen LogP) is 2.82. The summed E-state index contributed by atoms with van der Waals surface area (Å²) >= 11 is 0. The zero-order valence-electron chi connectivity index (χ0n) is 30.8. The summed E-state index contributed by atoms with van der Waals surface area (Å²) in [4.78, 5) is 61.9. The van der Waals surface area contributed by atoms with Crippen LogP contribution in [0.5, 0.6) is 5.75 Å². The van der Waals surface area contributed by atoms with E-state index in [9.17, 15) is 28.7 Å². The van der Waals surface area contributed by atoms with Crippen LogP contribution < -0.4 is 20.4 Å². The summed E-state index contributed by atoms with van der Waals surface area (Å²) in [6.07, 6.45) is 4.50. The lowest BCUT2D eigenvalue weighted by atomic mass is 9.81. The Morgan fingerprint density at radius 1 is 0.891 bits per heavy atom. The van der Waals surface area contributed by atoms with Gasteiger partial charge in [-0.05, 0) is 73.9 Å². The molecule has 1 saturated carbocycles. The van der Waals surface area contributed by atoms with Crippen LogP contribution in [0.3, 0.4) is 0 Å². The number of amides is 4. The molecular weight excluding hydrogens is 705 g/mol. The molecule has 0 radical (unpaired) electrons. The van der Waals surface area contributed by atoms with Crippen LogP contribution in [0.2, 0.25) is 0 Å². The van der Waals surface area contributed by atoms with Crippen molar-refractivity contribution in [1.82, 2.24) is 30.2 Å².